The third-order valence-corrected chi connectivity index (χ3v) is 3.39. The molecule has 1 atom stereocenters. The first-order chi connectivity index (χ1) is 5.40. The van der Waals surface area contributed by atoms with Gasteiger partial charge in [0, 0.05) is 6.54 Å². The van der Waals surface area contributed by atoms with Crippen LogP contribution in [0.5, 0.6) is 0 Å². The fraction of sp³-hybridized carbons (Fsp3) is 1.00. The van der Waals surface area contributed by atoms with E-state index in [1.807, 2.05) is 0 Å². The molecule has 0 aliphatic heterocycles. The SMILES string of the molecule is FCNCC1CCC2CC1C2. The van der Waals surface area contributed by atoms with E-state index >= 15 is 0 Å². The van der Waals surface area contributed by atoms with E-state index in [2.05, 4.69) is 5.32 Å². The zero-order valence-electron chi connectivity index (χ0n) is 6.85. The molecule has 0 aromatic heterocycles. The van der Waals surface area contributed by atoms with Gasteiger partial charge in [-0.2, -0.15) is 0 Å². The second kappa shape index (κ2) is 3.10. The largest absolute Gasteiger partial charge is 0.290 e. The third kappa shape index (κ3) is 1.41. The Morgan fingerprint density at radius 3 is 2.64 bits per heavy atom. The Labute approximate surface area is 67.4 Å². The van der Waals surface area contributed by atoms with E-state index in [4.69, 9.17) is 0 Å². The van der Waals surface area contributed by atoms with Crippen molar-refractivity contribution in [2.45, 2.75) is 25.7 Å². The molecule has 1 nitrogen and oxygen atoms in total. The first-order valence-corrected chi connectivity index (χ1v) is 4.67. The lowest BCUT2D eigenvalue weighted by molar-refractivity contribution is 0.0485. The van der Waals surface area contributed by atoms with E-state index in [1.165, 1.54) is 25.7 Å². The van der Waals surface area contributed by atoms with Crippen LogP contribution in [0.3, 0.4) is 0 Å². The number of halogens is 1. The average molecular weight is 157 g/mol. The molecule has 3 saturated carbocycles. The second-order valence-corrected chi connectivity index (χ2v) is 4.02. The van der Waals surface area contributed by atoms with E-state index in [0.29, 0.717) is 0 Å². The minimum Gasteiger partial charge on any atom is -0.290 e. The Morgan fingerprint density at radius 1 is 1.27 bits per heavy atom. The summed E-state index contributed by atoms with van der Waals surface area (Å²) in [6, 6.07) is 0. The van der Waals surface area contributed by atoms with Crippen molar-refractivity contribution in [3.63, 3.8) is 0 Å². The van der Waals surface area contributed by atoms with Gasteiger partial charge in [-0.1, -0.05) is 6.42 Å². The smallest absolute Gasteiger partial charge is 0.140 e. The molecule has 0 spiro atoms. The van der Waals surface area contributed by atoms with Crippen molar-refractivity contribution in [3.05, 3.63) is 0 Å². The highest BCUT2D eigenvalue weighted by Gasteiger charge is 2.39. The summed E-state index contributed by atoms with van der Waals surface area (Å²) in [5.41, 5.74) is 0. The lowest BCUT2D eigenvalue weighted by atomic mass is 9.60. The lowest BCUT2D eigenvalue weighted by Gasteiger charge is -2.46. The van der Waals surface area contributed by atoms with Crippen molar-refractivity contribution in [1.29, 1.82) is 0 Å². The summed E-state index contributed by atoms with van der Waals surface area (Å²) in [6.07, 6.45) is 5.59. The molecule has 0 aromatic rings. The average Bonchev–Trinajstić information content (AvgIpc) is 2.00. The van der Waals surface area contributed by atoms with Gasteiger partial charge in [0.25, 0.3) is 0 Å². The molecular weight excluding hydrogens is 141 g/mol. The van der Waals surface area contributed by atoms with E-state index in [0.717, 1.165) is 24.3 Å². The Kier molecular flexibility index (Phi) is 2.12. The van der Waals surface area contributed by atoms with Gasteiger partial charge in [-0.25, -0.2) is 4.39 Å². The molecule has 1 N–H and O–H groups in total. The summed E-state index contributed by atoms with van der Waals surface area (Å²) in [6.45, 7) is 0.556. The number of hydrogen-bond acceptors (Lipinski definition) is 1. The Balaban J connectivity index is 1.75. The van der Waals surface area contributed by atoms with Crippen LogP contribution in [-0.4, -0.2) is 13.3 Å². The molecule has 0 aromatic carbocycles. The number of nitrogens with one attached hydrogen (secondary N) is 1. The fourth-order valence-electron chi connectivity index (χ4n) is 2.60. The highest BCUT2D eigenvalue weighted by Crippen LogP contribution is 2.48. The molecule has 3 aliphatic carbocycles. The summed E-state index contributed by atoms with van der Waals surface area (Å²) >= 11 is 0. The Bertz CT molecular complexity index is 129. The quantitative estimate of drug-likeness (QED) is 0.617. The van der Waals surface area contributed by atoms with Crippen LogP contribution in [0.25, 0.3) is 0 Å². The molecule has 0 radical (unpaired) electrons. The van der Waals surface area contributed by atoms with Crippen molar-refractivity contribution in [2.24, 2.45) is 17.8 Å². The summed E-state index contributed by atoms with van der Waals surface area (Å²) < 4.78 is 11.8. The topological polar surface area (TPSA) is 12.0 Å². The number of hydrogen-bond donors (Lipinski definition) is 1. The van der Waals surface area contributed by atoms with E-state index in [9.17, 15) is 4.39 Å². The van der Waals surface area contributed by atoms with Crippen LogP contribution in [0.2, 0.25) is 0 Å². The van der Waals surface area contributed by atoms with Gasteiger partial charge < -0.3 is 0 Å². The van der Waals surface area contributed by atoms with Gasteiger partial charge in [-0.05, 0) is 37.0 Å². The van der Waals surface area contributed by atoms with E-state index in [-0.39, 0.29) is 6.80 Å². The first-order valence-electron chi connectivity index (χ1n) is 4.67. The fourth-order valence-corrected chi connectivity index (χ4v) is 2.60. The van der Waals surface area contributed by atoms with Crippen LogP contribution < -0.4 is 5.32 Å². The van der Waals surface area contributed by atoms with Crippen LogP contribution >= 0.6 is 0 Å². The van der Waals surface area contributed by atoms with E-state index < -0.39 is 0 Å². The predicted octanol–water partition coefficient (Wildman–Crippen LogP) is 1.94. The Morgan fingerprint density at radius 2 is 2.09 bits per heavy atom. The molecule has 64 valence electrons. The van der Waals surface area contributed by atoms with Gasteiger partial charge in [0.1, 0.15) is 6.80 Å². The van der Waals surface area contributed by atoms with Gasteiger partial charge in [-0.15, -0.1) is 0 Å². The molecule has 3 rings (SSSR count). The molecule has 2 heteroatoms. The van der Waals surface area contributed by atoms with Crippen molar-refractivity contribution >= 4 is 0 Å². The molecule has 1 unspecified atom stereocenters. The summed E-state index contributed by atoms with van der Waals surface area (Å²) in [7, 11) is 0. The minimum atomic E-state index is -0.355. The second-order valence-electron chi connectivity index (χ2n) is 4.02. The maximum atomic E-state index is 11.8. The maximum Gasteiger partial charge on any atom is 0.140 e. The first kappa shape index (κ1) is 7.53. The zero-order chi connectivity index (χ0) is 7.68. The normalized spacial score (nSPS) is 41.7. The van der Waals surface area contributed by atoms with Crippen molar-refractivity contribution in [2.75, 3.05) is 13.3 Å². The van der Waals surface area contributed by atoms with Gasteiger partial charge in [-0.3, -0.25) is 5.32 Å². The van der Waals surface area contributed by atoms with Crippen molar-refractivity contribution < 1.29 is 4.39 Å². The van der Waals surface area contributed by atoms with Crippen LogP contribution in [-0.2, 0) is 0 Å². The molecular formula is C9H16FN. The summed E-state index contributed by atoms with van der Waals surface area (Å²) in [4.78, 5) is 0. The van der Waals surface area contributed by atoms with Crippen molar-refractivity contribution in [1.82, 2.24) is 5.32 Å². The zero-order valence-corrected chi connectivity index (χ0v) is 6.85. The minimum absolute atomic E-state index is 0.355. The highest BCUT2D eigenvalue weighted by atomic mass is 19.1. The molecule has 3 aliphatic rings. The van der Waals surface area contributed by atoms with Crippen LogP contribution in [0, 0.1) is 17.8 Å². The van der Waals surface area contributed by atoms with Gasteiger partial charge in [0.15, 0.2) is 0 Å². The van der Waals surface area contributed by atoms with Gasteiger partial charge in [0.05, 0.1) is 0 Å². The monoisotopic (exact) mass is 157 g/mol. The molecule has 11 heavy (non-hydrogen) atoms. The number of rotatable bonds is 3. The van der Waals surface area contributed by atoms with Crippen LogP contribution in [0.4, 0.5) is 4.39 Å². The molecule has 0 saturated heterocycles. The van der Waals surface area contributed by atoms with Crippen LogP contribution in [0.1, 0.15) is 25.7 Å². The number of alkyl halides is 1. The lowest BCUT2D eigenvalue weighted by Crippen LogP contribution is -2.40. The van der Waals surface area contributed by atoms with E-state index in [1.54, 1.807) is 0 Å². The predicted molar refractivity (Wildman–Crippen MR) is 42.9 cm³/mol. The highest BCUT2D eigenvalue weighted by molar-refractivity contribution is 4.90. The maximum absolute atomic E-state index is 11.8. The molecule has 0 heterocycles. The van der Waals surface area contributed by atoms with Gasteiger partial charge in [0.2, 0.25) is 0 Å². The third-order valence-electron chi connectivity index (χ3n) is 3.39. The van der Waals surface area contributed by atoms with Gasteiger partial charge >= 0.3 is 0 Å². The van der Waals surface area contributed by atoms with Crippen molar-refractivity contribution in [3.8, 4) is 0 Å². The molecule has 2 bridgehead atoms. The standard InChI is InChI=1S/C9H16FN/c10-6-11-5-8-2-1-7-3-9(8)4-7/h7-9,11H,1-6H2. The molecule has 3 fully saturated rings. The summed E-state index contributed by atoms with van der Waals surface area (Å²) in [5, 5.41) is 2.81. The number of fused-ring (bicyclic) bond motifs is 2. The molecule has 0 amide bonds. The van der Waals surface area contributed by atoms with Crippen LogP contribution in [0.15, 0.2) is 0 Å². The Hall–Kier alpha value is -0.110. The summed E-state index contributed by atoms with van der Waals surface area (Å²) in [5.74, 6) is 2.77.